The number of carbonyl (C=O) groups excluding carboxylic acids is 1. The Morgan fingerprint density at radius 1 is 1.05 bits per heavy atom. The second-order valence-corrected chi connectivity index (χ2v) is 7.23. The molecule has 0 bridgehead atoms. The fraction of sp³-hybridized carbons (Fsp3) is 0.133. The number of amides is 1. The van der Waals surface area contributed by atoms with E-state index in [4.69, 9.17) is 0 Å². The Morgan fingerprint density at radius 3 is 2.45 bits per heavy atom. The molecule has 0 fully saturated rings. The predicted octanol–water partition coefficient (Wildman–Crippen LogP) is 2.04. The van der Waals surface area contributed by atoms with Crippen molar-refractivity contribution in [3.05, 3.63) is 64.6 Å². The molecule has 0 spiro atoms. The highest BCUT2D eigenvalue weighted by atomic mass is 79.9. The van der Waals surface area contributed by atoms with Gasteiger partial charge in [-0.05, 0) is 23.8 Å². The van der Waals surface area contributed by atoms with E-state index >= 15 is 0 Å². The molecule has 0 aliphatic carbocycles. The molecule has 2 aromatic rings. The standard InChI is InChI=1S/C15H15BrN2O3S/c16-13-7-4-8-14(9-13)22(20,21)18-11-15(19)17-10-12-5-2-1-3-6-12/h1-9,18H,10-11H2,(H,17,19). The maximum atomic E-state index is 12.1. The van der Waals surface area contributed by atoms with Crippen LogP contribution in [-0.4, -0.2) is 20.9 Å². The molecule has 0 heterocycles. The van der Waals surface area contributed by atoms with Crippen LogP contribution in [-0.2, 0) is 21.4 Å². The summed E-state index contributed by atoms with van der Waals surface area (Å²) in [5, 5.41) is 2.66. The van der Waals surface area contributed by atoms with Crippen LogP contribution in [0, 0.1) is 0 Å². The fourth-order valence-electron chi connectivity index (χ4n) is 1.74. The summed E-state index contributed by atoms with van der Waals surface area (Å²) in [6.45, 7) is 0.0555. The number of hydrogen-bond donors (Lipinski definition) is 2. The fourth-order valence-corrected chi connectivity index (χ4v) is 3.32. The summed E-state index contributed by atoms with van der Waals surface area (Å²) in [5.41, 5.74) is 0.950. The summed E-state index contributed by atoms with van der Waals surface area (Å²) in [7, 11) is -3.70. The zero-order chi connectivity index (χ0) is 16.0. The lowest BCUT2D eigenvalue weighted by Crippen LogP contribution is -2.36. The lowest BCUT2D eigenvalue weighted by atomic mass is 10.2. The highest BCUT2D eigenvalue weighted by molar-refractivity contribution is 9.10. The van der Waals surface area contributed by atoms with Gasteiger partial charge in [-0.15, -0.1) is 0 Å². The predicted molar refractivity (Wildman–Crippen MR) is 87.6 cm³/mol. The van der Waals surface area contributed by atoms with E-state index in [0.29, 0.717) is 11.0 Å². The van der Waals surface area contributed by atoms with Crippen molar-refractivity contribution in [3.8, 4) is 0 Å². The lowest BCUT2D eigenvalue weighted by molar-refractivity contribution is -0.120. The average molecular weight is 383 g/mol. The van der Waals surface area contributed by atoms with Crippen molar-refractivity contribution in [2.75, 3.05) is 6.54 Å². The Kier molecular flexibility index (Phi) is 5.70. The minimum atomic E-state index is -3.70. The molecule has 0 unspecified atom stereocenters. The molecule has 2 rings (SSSR count). The summed E-state index contributed by atoms with van der Waals surface area (Å²) < 4.78 is 27.0. The maximum absolute atomic E-state index is 12.1. The molecule has 22 heavy (non-hydrogen) atoms. The van der Waals surface area contributed by atoms with Gasteiger partial charge in [0.1, 0.15) is 0 Å². The number of halogens is 1. The number of hydrogen-bond acceptors (Lipinski definition) is 3. The van der Waals surface area contributed by atoms with Gasteiger partial charge in [-0.25, -0.2) is 13.1 Å². The number of benzene rings is 2. The Bertz CT molecular complexity index is 748. The first-order valence-corrected chi connectivity index (χ1v) is 8.81. The summed E-state index contributed by atoms with van der Waals surface area (Å²) in [4.78, 5) is 11.8. The van der Waals surface area contributed by atoms with E-state index in [1.165, 1.54) is 12.1 Å². The first-order chi connectivity index (χ1) is 10.5. The maximum Gasteiger partial charge on any atom is 0.241 e. The number of sulfonamides is 1. The van der Waals surface area contributed by atoms with Crippen LogP contribution in [0.15, 0.2) is 64.0 Å². The third kappa shape index (κ3) is 4.94. The van der Waals surface area contributed by atoms with Gasteiger partial charge in [0, 0.05) is 11.0 Å². The normalized spacial score (nSPS) is 11.1. The van der Waals surface area contributed by atoms with Gasteiger partial charge in [0.25, 0.3) is 0 Å². The van der Waals surface area contributed by atoms with Crippen molar-refractivity contribution in [1.29, 1.82) is 0 Å². The summed E-state index contributed by atoms with van der Waals surface area (Å²) in [5.74, 6) is -0.387. The first-order valence-electron chi connectivity index (χ1n) is 6.53. The third-order valence-corrected chi connectivity index (χ3v) is 4.75. The second kappa shape index (κ2) is 7.53. The van der Waals surface area contributed by atoms with Crippen LogP contribution in [0.3, 0.4) is 0 Å². The van der Waals surface area contributed by atoms with E-state index in [1.54, 1.807) is 12.1 Å². The SMILES string of the molecule is O=C(CNS(=O)(=O)c1cccc(Br)c1)NCc1ccccc1. The molecule has 0 atom stereocenters. The molecule has 7 heteroatoms. The van der Waals surface area contributed by atoms with Gasteiger partial charge >= 0.3 is 0 Å². The topological polar surface area (TPSA) is 75.3 Å². The van der Waals surface area contributed by atoms with Crippen LogP contribution in [0.4, 0.5) is 0 Å². The zero-order valence-corrected chi connectivity index (χ0v) is 14.0. The molecule has 2 N–H and O–H groups in total. The van der Waals surface area contributed by atoms with Gasteiger partial charge in [-0.3, -0.25) is 4.79 Å². The van der Waals surface area contributed by atoms with Gasteiger partial charge in [0.15, 0.2) is 0 Å². The van der Waals surface area contributed by atoms with Crippen LogP contribution in [0.25, 0.3) is 0 Å². The molecule has 116 valence electrons. The van der Waals surface area contributed by atoms with Gasteiger partial charge in [0.05, 0.1) is 11.4 Å². The Hall–Kier alpha value is -1.70. The Balaban J connectivity index is 1.88. The largest absolute Gasteiger partial charge is 0.351 e. The van der Waals surface area contributed by atoms with E-state index < -0.39 is 10.0 Å². The minimum absolute atomic E-state index is 0.109. The van der Waals surface area contributed by atoms with Crippen molar-refractivity contribution in [1.82, 2.24) is 10.0 Å². The van der Waals surface area contributed by atoms with Crippen molar-refractivity contribution < 1.29 is 13.2 Å². The number of carbonyl (C=O) groups is 1. The minimum Gasteiger partial charge on any atom is -0.351 e. The van der Waals surface area contributed by atoms with Gasteiger partial charge < -0.3 is 5.32 Å². The highest BCUT2D eigenvalue weighted by Gasteiger charge is 2.15. The van der Waals surface area contributed by atoms with Gasteiger partial charge in [-0.2, -0.15) is 0 Å². The summed E-state index contributed by atoms with van der Waals surface area (Å²) >= 11 is 3.21. The van der Waals surface area contributed by atoms with Crippen LogP contribution >= 0.6 is 15.9 Å². The summed E-state index contributed by atoms with van der Waals surface area (Å²) in [6.07, 6.45) is 0. The molecule has 0 aromatic heterocycles. The zero-order valence-electron chi connectivity index (χ0n) is 11.6. The average Bonchev–Trinajstić information content (AvgIpc) is 2.52. The molecular weight excluding hydrogens is 368 g/mol. The third-order valence-electron chi connectivity index (χ3n) is 2.86. The number of nitrogens with one attached hydrogen (secondary N) is 2. The van der Waals surface area contributed by atoms with E-state index in [0.717, 1.165) is 5.56 Å². The molecule has 0 saturated carbocycles. The van der Waals surface area contributed by atoms with Crippen LogP contribution in [0.1, 0.15) is 5.56 Å². The van der Waals surface area contributed by atoms with Crippen LogP contribution in [0.5, 0.6) is 0 Å². The quantitative estimate of drug-likeness (QED) is 0.802. The molecular formula is C15H15BrN2O3S. The van der Waals surface area contributed by atoms with E-state index in [2.05, 4.69) is 26.0 Å². The van der Waals surface area contributed by atoms with Crippen molar-refractivity contribution in [3.63, 3.8) is 0 Å². The second-order valence-electron chi connectivity index (χ2n) is 4.54. The molecule has 5 nitrogen and oxygen atoms in total. The van der Waals surface area contributed by atoms with Crippen molar-refractivity contribution in [2.45, 2.75) is 11.4 Å². The van der Waals surface area contributed by atoms with E-state index in [9.17, 15) is 13.2 Å². The van der Waals surface area contributed by atoms with E-state index in [-0.39, 0.29) is 17.3 Å². The van der Waals surface area contributed by atoms with Crippen molar-refractivity contribution in [2.24, 2.45) is 0 Å². The highest BCUT2D eigenvalue weighted by Crippen LogP contribution is 2.15. The Labute approximate surface area is 137 Å². The van der Waals surface area contributed by atoms with Crippen molar-refractivity contribution >= 4 is 31.9 Å². The molecule has 0 aliphatic heterocycles. The first kappa shape index (κ1) is 16.7. The Morgan fingerprint density at radius 2 is 1.77 bits per heavy atom. The molecule has 0 saturated heterocycles. The lowest BCUT2D eigenvalue weighted by Gasteiger charge is -2.08. The number of rotatable bonds is 6. The smallest absolute Gasteiger partial charge is 0.241 e. The van der Waals surface area contributed by atoms with Crippen LogP contribution in [0.2, 0.25) is 0 Å². The van der Waals surface area contributed by atoms with Gasteiger partial charge in [0.2, 0.25) is 15.9 Å². The van der Waals surface area contributed by atoms with E-state index in [1.807, 2.05) is 30.3 Å². The van der Waals surface area contributed by atoms with Gasteiger partial charge in [-0.1, -0.05) is 52.3 Å². The summed E-state index contributed by atoms with van der Waals surface area (Å²) in [6, 6.07) is 15.7. The molecule has 0 radical (unpaired) electrons. The molecule has 0 aliphatic rings. The molecule has 1 amide bonds. The van der Waals surface area contributed by atoms with Crippen LogP contribution < -0.4 is 10.0 Å². The molecule has 2 aromatic carbocycles. The monoisotopic (exact) mass is 382 g/mol.